The number of hydrogen-bond donors (Lipinski definition) is 0. The predicted molar refractivity (Wildman–Crippen MR) is 128 cm³/mol. The lowest BCUT2D eigenvalue weighted by Gasteiger charge is -2.41. The van der Waals surface area contributed by atoms with Crippen LogP contribution >= 0.6 is 27.5 Å². The van der Waals surface area contributed by atoms with Crippen LogP contribution in [-0.2, 0) is 11.2 Å². The molecule has 1 heterocycles. The Hall–Kier alpha value is -1.88. The number of carbonyl (C=O) groups excluding carboxylic acids is 1. The maximum Gasteiger partial charge on any atom is 0.237 e. The Balaban J connectivity index is 1.62. The zero-order valence-corrected chi connectivity index (χ0v) is 19.5. The van der Waals surface area contributed by atoms with Gasteiger partial charge >= 0.3 is 0 Å². The topological polar surface area (TPSA) is 23.6 Å². The van der Waals surface area contributed by atoms with Gasteiger partial charge in [0.1, 0.15) is 0 Å². The average molecular weight is 486 g/mol. The van der Waals surface area contributed by atoms with Gasteiger partial charge in [0.25, 0.3) is 0 Å². The summed E-state index contributed by atoms with van der Waals surface area (Å²) in [6.45, 7) is 5.18. The highest BCUT2D eigenvalue weighted by Gasteiger charge is 2.33. The van der Waals surface area contributed by atoms with Crippen molar-refractivity contribution in [2.75, 3.05) is 26.2 Å². The zero-order valence-electron chi connectivity index (χ0n) is 17.2. The maximum absolute atomic E-state index is 13.1. The number of fused-ring (bicyclic) bond motifs is 1. The molecule has 1 aliphatic heterocycles. The molecule has 0 aliphatic carbocycles. The van der Waals surface area contributed by atoms with E-state index in [0.717, 1.165) is 30.4 Å². The standard InChI is InChI=1S/C25H26BrClN2O/c1-2-12-28-16-24(21-8-7-18-5-3-4-6-20(18)14-21)29(25(30)17-28)13-11-19-9-10-22(27)15-23(19)26/h3-10,14-15,24H,2,11-13,16-17H2,1H3. The highest BCUT2D eigenvalue weighted by atomic mass is 79.9. The van der Waals surface area contributed by atoms with Crippen LogP contribution in [0, 0.1) is 0 Å². The monoisotopic (exact) mass is 484 g/mol. The molecular weight excluding hydrogens is 460 g/mol. The molecule has 0 radical (unpaired) electrons. The number of halogens is 2. The second-order valence-corrected chi connectivity index (χ2v) is 9.22. The van der Waals surface area contributed by atoms with Crippen LogP contribution in [0.4, 0.5) is 0 Å². The highest BCUT2D eigenvalue weighted by molar-refractivity contribution is 9.10. The molecule has 0 bridgehead atoms. The van der Waals surface area contributed by atoms with Gasteiger partial charge in [0.15, 0.2) is 0 Å². The fraction of sp³-hybridized carbons (Fsp3) is 0.320. The second kappa shape index (κ2) is 9.51. The fourth-order valence-corrected chi connectivity index (χ4v) is 5.18. The second-order valence-electron chi connectivity index (χ2n) is 7.93. The number of piperazine rings is 1. The van der Waals surface area contributed by atoms with Crippen molar-refractivity contribution in [3.8, 4) is 0 Å². The summed E-state index contributed by atoms with van der Waals surface area (Å²) >= 11 is 9.69. The minimum atomic E-state index is 0.0634. The Morgan fingerprint density at radius 3 is 2.60 bits per heavy atom. The van der Waals surface area contributed by atoms with Gasteiger partial charge in [-0.25, -0.2) is 0 Å². The van der Waals surface area contributed by atoms with Crippen LogP contribution < -0.4 is 0 Å². The van der Waals surface area contributed by atoms with E-state index < -0.39 is 0 Å². The van der Waals surface area contributed by atoms with Gasteiger partial charge in [-0.1, -0.05) is 76.9 Å². The van der Waals surface area contributed by atoms with Crippen LogP contribution in [0.1, 0.15) is 30.5 Å². The third kappa shape index (κ3) is 4.72. The first-order valence-electron chi connectivity index (χ1n) is 10.5. The van der Waals surface area contributed by atoms with Crippen LogP contribution in [-0.4, -0.2) is 41.9 Å². The largest absolute Gasteiger partial charge is 0.333 e. The van der Waals surface area contributed by atoms with E-state index in [9.17, 15) is 4.79 Å². The van der Waals surface area contributed by atoms with Gasteiger partial charge in [0, 0.05) is 22.6 Å². The lowest BCUT2D eigenvalue weighted by Crippen LogP contribution is -2.52. The molecule has 1 amide bonds. The summed E-state index contributed by atoms with van der Waals surface area (Å²) in [5, 5.41) is 3.16. The van der Waals surface area contributed by atoms with Gasteiger partial charge in [-0.2, -0.15) is 0 Å². The normalized spacial score (nSPS) is 17.6. The predicted octanol–water partition coefficient (Wildman–Crippen LogP) is 6.09. The molecule has 3 nitrogen and oxygen atoms in total. The molecule has 0 N–H and O–H groups in total. The van der Waals surface area contributed by atoms with Gasteiger partial charge < -0.3 is 4.90 Å². The van der Waals surface area contributed by atoms with E-state index in [1.807, 2.05) is 18.2 Å². The minimum Gasteiger partial charge on any atom is -0.333 e. The van der Waals surface area contributed by atoms with Crippen LogP contribution in [0.25, 0.3) is 10.8 Å². The molecular formula is C25H26BrClN2O. The SMILES string of the molecule is CCCN1CC(=O)N(CCc2ccc(Cl)cc2Br)C(c2ccc3ccccc3c2)C1. The number of amides is 1. The van der Waals surface area contributed by atoms with Gasteiger partial charge in [-0.3, -0.25) is 9.69 Å². The number of hydrogen-bond acceptors (Lipinski definition) is 2. The molecule has 1 aliphatic rings. The zero-order chi connectivity index (χ0) is 21.1. The third-order valence-electron chi connectivity index (χ3n) is 5.82. The molecule has 1 fully saturated rings. The van der Waals surface area contributed by atoms with Crippen LogP contribution in [0.3, 0.4) is 0 Å². The summed E-state index contributed by atoms with van der Waals surface area (Å²) in [6.07, 6.45) is 1.84. The smallest absolute Gasteiger partial charge is 0.237 e. The van der Waals surface area contributed by atoms with Gasteiger partial charge in [-0.05, 0) is 59.5 Å². The molecule has 1 unspecified atom stereocenters. The number of rotatable bonds is 6. The van der Waals surface area contributed by atoms with E-state index in [0.29, 0.717) is 18.1 Å². The highest BCUT2D eigenvalue weighted by Crippen LogP contribution is 2.30. The van der Waals surface area contributed by atoms with Crippen molar-refractivity contribution in [2.24, 2.45) is 0 Å². The van der Waals surface area contributed by atoms with E-state index in [1.54, 1.807) is 0 Å². The van der Waals surface area contributed by atoms with E-state index >= 15 is 0 Å². The Bertz CT molecular complexity index is 1050. The van der Waals surface area contributed by atoms with Crippen molar-refractivity contribution < 1.29 is 4.79 Å². The summed E-state index contributed by atoms with van der Waals surface area (Å²) in [5.74, 6) is 0.206. The summed E-state index contributed by atoms with van der Waals surface area (Å²) in [4.78, 5) is 17.5. The molecule has 30 heavy (non-hydrogen) atoms. The molecule has 4 rings (SSSR count). The van der Waals surface area contributed by atoms with Crippen LogP contribution in [0.2, 0.25) is 5.02 Å². The molecule has 156 valence electrons. The lowest BCUT2D eigenvalue weighted by atomic mass is 9.97. The third-order valence-corrected chi connectivity index (χ3v) is 6.80. The number of nitrogens with zero attached hydrogens (tertiary/aromatic N) is 2. The maximum atomic E-state index is 13.1. The summed E-state index contributed by atoms with van der Waals surface area (Å²) in [7, 11) is 0. The Morgan fingerprint density at radius 1 is 1.03 bits per heavy atom. The summed E-state index contributed by atoms with van der Waals surface area (Å²) < 4.78 is 0.995. The number of carbonyl (C=O) groups is 1. The molecule has 0 saturated carbocycles. The van der Waals surface area contributed by atoms with Crippen molar-refractivity contribution >= 4 is 44.2 Å². The van der Waals surface area contributed by atoms with Gasteiger partial charge in [0.2, 0.25) is 5.91 Å². The van der Waals surface area contributed by atoms with Crippen molar-refractivity contribution in [3.05, 3.63) is 81.3 Å². The first kappa shape index (κ1) is 21.4. The molecule has 0 aromatic heterocycles. The Kier molecular flexibility index (Phi) is 6.77. The average Bonchev–Trinajstić information content (AvgIpc) is 2.74. The lowest BCUT2D eigenvalue weighted by molar-refractivity contribution is -0.140. The van der Waals surface area contributed by atoms with E-state index in [1.165, 1.54) is 21.9 Å². The molecule has 1 atom stereocenters. The Labute approximate surface area is 191 Å². The molecule has 0 spiro atoms. The van der Waals surface area contributed by atoms with Gasteiger partial charge in [0.05, 0.1) is 12.6 Å². The van der Waals surface area contributed by atoms with Crippen molar-refractivity contribution in [3.63, 3.8) is 0 Å². The molecule has 3 aromatic carbocycles. The number of benzene rings is 3. The molecule has 1 saturated heterocycles. The van der Waals surface area contributed by atoms with Crippen LogP contribution in [0.15, 0.2) is 65.1 Å². The van der Waals surface area contributed by atoms with E-state index in [4.69, 9.17) is 11.6 Å². The van der Waals surface area contributed by atoms with Gasteiger partial charge in [-0.15, -0.1) is 0 Å². The summed E-state index contributed by atoms with van der Waals surface area (Å²) in [6, 6.07) is 20.9. The van der Waals surface area contributed by atoms with E-state index in [2.05, 4.69) is 75.1 Å². The fourth-order valence-electron chi connectivity index (χ4n) is 4.30. The minimum absolute atomic E-state index is 0.0634. The molecule has 5 heteroatoms. The van der Waals surface area contributed by atoms with Crippen LogP contribution in [0.5, 0.6) is 0 Å². The first-order chi connectivity index (χ1) is 14.5. The summed E-state index contributed by atoms with van der Waals surface area (Å²) in [5.41, 5.74) is 2.37. The van der Waals surface area contributed by atoms with Crippen molar-refractivity contribution in [2.45, 2.75) is 25.8 Å². The van der Waals surface area contributed by atoms with Crippen molar-refractivity contribution in [1.82, 2.24) is 9.80 Å². The Morgan fingerprint density at radius 2 is 1.83 bits per heavy atom. The molecule has 3 aromatic rings. The van der Waals surface area contributed by atoms with E-state index in [-0.39, 0.29) is 11.9 Å². The quantitative estimate of drug-likeness (QED) is 0.421. The van der Waals surface area contributed by atoms with Crippen molar-refractivity contribution in [1.29, 1.82) is 0 Å². The first-order valence-corrected chi connectivity index (χ1v) is 11.7.